The number of imidazole rings is 1. The van der Waals surface area contributed by atoms with Gasteiger partial charge < -0.3 is 14.8 Å². The van der Waals surface area contributed by atoms with E-state index in [0.717, 1.165) is 5.56 Å². The fourth-order valence-electron chi connectivity index (χ4n) is 4.03. The zero-order valence-electron chi connectivity index (χ0n) is 22.2. The highest BCUT2D eigenvalue weighted by Gasteiger charge is 2.24. The van der Waals surface area contributed by atoms with Gasteiger partial charge in [-0.15, -0.1) is 0 Å². The molecular formula is C27H28F2N8O2. The third-order valence-electron chi connectivity index (χ3n) is 6.22. The first-order chi connectivity index (χ1) is 18.5. The molecule has 0 aliphatic carbocycles. The van der Waals surface area contributed by atoms with Crippen LogP contribution in [0, 0.1) is 0 Å². The van der Waals surface area contributed by atoms with E-state index in [-0.39, 0.29) is 29.6 Å². The second-order valence-corrected chi connectivity index (χ2v) is 10.5. The van der Waals surface area contributed by atoms with E-state index in [1.54, 1.807) is 30.6 Å². The molecule has 0 saturated carbocycles. The van der Waals surface area contributed by atoms with Crippen molar-refractivity contribution in [3.63, 3.8) is 0 Å². The number of carbonyl (C=O) groups excluding carboxylic acids is 1. The summed E-state index contributed by atoms with van der Waals surface area (Å²) < 4.78 is 35.1. The largest absolute Gasteiger partial charge is 0.344 e. The minimum atomic E-state index is -2.76. The Labute approximate surface area is 222 Å². The quantitative estimate of drug-likeness (QED) is 0.277. The summed E-state index contributed by atoms with van der Waals surface area (Å²) in [5.41, 5.74) is 2.79. The van der Waals surface area contributed by atoms with Crippen LogP contribution in [0.1, 0.15) is 74.7 Å². The maximum Gasteiger partial charge on any atom is 0.315 e. The predicted molar refractivity (Wildman–Crippen MR) is 140 cm³/mol. The summed E-state index contributed by atoms with van der Waals surface area (Å²) in [4.78, 5) is 28.8. The molecule has 12 heteroatoms. The lowest BCUT2D eigenvalue weighted by molar-refractivity contribution is 0.0905. The molecule has 0 radical (unpaired) electrons. The molecule has 4 heterocycles. The van der Waals surface area contributed by atoms with Crippen LogP contribution in [0.2, 0.25) is 0 Å². The Morgan fingerprint density at radius 3 is 2.62 bits per heavy atom. The number of rotatable bonds is 7. The second-order valence-electron chi connectivity index (χ2n) is 10.5. The fourth-order valence-corrected chi connectivity index (χ4v) is 4.03. The monoisotopic (exact) mass is 534 g/mol. The molecule has 0 spiro atoms. The Balaban J connectivity index is 1.41. The summed E-state index contributed by atoms with van der Waals surface area (Å²) in [5, 5.41) is 10.8. The number of amides is 1. The van der Waals surface area contributed by atoms with Crippen LogP contribution in [0.4, 0.5) is 8.78 Å². The summed E-state index contributed by atoms with van der Waals surface area (Å²) in [6.07, 6.45) is 2.43. The number of pyridine rings is 1. The van der Waals surface area contributed by atoms with Crippen LogP contribution < -0.4 is 5.32 Å². The highest BCUT2D eigenvalue weighted by molar-refractivity contribution is 5.92. The van der Waals surface area contributed by atoms with Crippen LogP contribution in [0.15, 0.2) is 47.4 Å². The Morgan fingerprint density at radius 1 is 1.15 bits per heavy atom. The number of halogens is 2. The first-order valence-electron chi connectivity index (χ1n) is 12.4. The van der Waals surface area contributed by atoms with Gasteiger partial charge in [0.2, 0.25) is 0 Å². The standard InChI is InChI=1S/C27H28F2N8O2/c1-14(2)37-13-17(12-32-37)22-33-20-18(8-9-30-23(20)34-22)15-6-7-16(19(10-15)21(28)29)11-31-24(38)25-35-26(36-39-25)27(3,4)5/h6-10,12-14,21H,11H2,1-5H3,(H,31,38)(H,30,33,34). The van der Waals surface area contributed by atoms with E-state index in [1.807, 2.05) is 45.5 Å². The first-order valence-corrected chi connectivity index (χ1v) is 12.4. The van der Waals surface area contributed by atoms with E-state index in [1.165, 1.54) is 6.07 Å². The minimum absolute atomic E-state index is 0.133. The summed E-state index contributed by atoms with van der Waals surface area (Å²) in [6.45, 7) is 9.58. The van der Waals surface area contributed by atoms with Gasteiger partial charge in [0.1, 0.15) is 5.82 Å². The van der Waals surface area contributed by atoms with E-state index >= 15 is 0 Å². The number of aromatic amines is 1. The number of aromatic nitrogens is 7. The van der Waals surface area contributed by atoms with Gasteiger partial charge in [0.15, 0.2) is 11.5 Å². The highest BCUT2D eigenvalue weighted by Crippen LogP contribution is 2.33. The van der Waals surface area contributed by atoms with E-state index in [9.17, 15) is 13.6 Å². The predicted octanol–water partition coefficient (Wildman–Crippen LogP) is 5.62. The molecule has 10 nitrogen and oxygen atoms in total. The third-order valence-corrected chi connectivity index (χ3v) is 6.22. The van der Waals surface area contributed by atoms with Gasteiger partial charge in [0.25, 0.3) is 6.43 Å². The Kier molecular flexibility index (Phi) is 6.71. The van der Waals surface area contributed by atoms with Gasteiger partial charge in [-0.1, -0.05) is 38.1 Å². The van der Waals surface area contributed by atoms with Crippen LogP contribution in [0.25, 0.3) is 33.7 Å². The molecule has 2 N–H and O–H groups in total. The lowest BCUT2D eigenvalue weighted by Crippen LogP contribution is -2.24. The van der Waals surface area contributed by atoms with Crippen molar-refractivity contribution in [2.24, 2.45) is 0 Å². The topological polar surface area (TPSA) is 127 Å². The van der Waals surface area contributed by atoms with Crippen LogP contribution in [-0.4, -0.2) is 40.8 Å². The van der Waals surface area contributed by atoms with Gasteiger partial charge >= 0.3 is 11.8 Å². The molecule has 0 fully saturated rings. The Bertz CT molecular complexity index is 1650. The van der Waals surface area contributed by atoms with Gasteiger partial charge in [-0.25, -0.2) is 18.7 Å². The van der Waals surface area contributed by atoms with Crippen molar-refractivity contribution in [3.8, 4) is 22.5 Å². The van der Waals surface area contributed by atoms with E-state index in [2.05, 4.69) is 35.5 Å². The van der Waals surface area contributed by atoms with E-state index in [4.69, 9.17) is 4.52 Å². The molecule has 1 aromatic carbocycles. The molecule has 0 bridgehead atoms. The molecule has 0 unspecified atom stereocenters. The lowest BCUT2D eigenvalue weighted by Gasteiger charge is -2.12. The molecule has 5 rings (SSSR count). The first kappa shape index (κ1) is 26.1. The Morgan fingerprint density at radius 2 is 1.95 bits per heavy atom. The zero-order chi connectivity index (χ0) is 27.9. The van der Waals surface area contributed by atoms with Crippen molar-refractivity contribution in [1.82, 2.24) is 40.2 Å². The maximum atomic E-state index is 14.1. The van der Waals surface area contributed by atoms with Crippen molar-refractivity contribution >= 4 is 17.1 Å². The van der Waals surface area contributed by atoms with Gasteiger partial charge in [0.05, 0.1) is 17.3 Å². The van der Waals surface area contributed by atoms with Crippen molar-refractivity contribution in [2.75, 3.05) is 0 Å². The van der Waals surface area contributed by atoms with Crippen molar-refractivity contribution in [3.05, 3.63) is 65.7 Å². The molecule has 0 aliphatic heterocycles. The van der Waals surface area contributed by atoms with Gasteiger partial charge in [0, 0.05) is 41.5 Å². The smallest absolute Gasteiger partial charge is 0.315 e. The average molecular weight is 535 g/mol. The molecule has 5 aromatic rings. The molecule has 4 aromatic heterocycles. The number of nitrogens with one attached hydrogen (secondary N) is 2. The fraction of sp³-hybridized carbons (Fsp3) is 0.333. The molecule has 202 valence electrons. The SMILES string of the molecule is CC(C)n1cc(-c2nc3nccc(-c4ccc(CNC(=O)c5nc(C(C)(C)C)no5)c(C(F)F)c4)c3[nH]2)cn1. The molecule has 0 atom stereocenters. The number of hydrogen-bond donors (Lipinski definition) is 2. The van der Waals surface area contributed by atoms with E-state index < -0.39 is 17.7 Å². The third kappa shape index (κ3) is 5.27. The number of benzene rings is 1. The van der Waals surface area contributed by atoms with Crippen LogP contribution in [0.5, 0.6) is 0 Å². The van der Waals surface area contributed by atoms with Crippen LogP contribution in [-0.2, 0) is 12.0 Å². The number of alkyl halides is 2. The summed E-state index contributed by atoms with van der Waals surface area (Å²) in [7, 11) is 0. The number of carbonyl (C=O) groups is 1. The van der Waals surface area contributed by atoms with Crippen LogP contribution in [0.3, 0.4) is 0 Å². The average Bonchev–Trinajstić information content (AvgIpc) is 3.65. The maximum absolute atomic E-state index is 14.1. The molecule has 39 heavy (non-hydrogen) atoms. The number of nitrogens with zero attached hydrogens (tertiary/aromatic N) is 6. The lowest BCUT2D eigenvalue weighted by atomic mass is 9.96. The summed E-state index contributed by atoms with van der Waals surface area (Å²) in [5.74, 6) is 0.109. The molecular weight excluding hydrogens is 506 g/mol. The summed E-state index contributed by atoms with van der Waals surface area (Å²) >= 11 is 0. The van der Waals surface area contributed by atoms with E-state index in [0.29, 0.717) is 33.9 Å². The molecule has 1 amide bonds. The second kappa shape index (κ2) is 10.0. The van der Waals surface area contributed by atoms with Gasteiger partial charge in [-0.05, 0) is 37.1 Å². The zero-order valence-corrected chi connectivity index (χ0v) is 22.2. The number of hydrogen-bond acceptors (Lipinski definition) is 7. The van der Waals surface area contributed by atoms with Gasteiger partial charge in [-0.2, -0.15) is 10.1 Å². The van der Waals surface area contributed by atoms with Gasteiger partial charge in [-0.3, -0.25) is 9.48 Å². The molecule has 0 saturated heterocycles. The van der Waals surface area contributed by atoms with Crippen molar-refractivity contribution < 1.29 is 18.1 Å². The highest BCUT2D eigenvalue weighted by atomic mass is 19.3. The van der Waals surface area contributed by atoms with Crippen molar-refractivity contribution in [1.29, 1.82) is 0 Å². The Hall–Kier alpha value is -4.48. The number of H-pyrrole nitrogens is 1. The summed E-state index contributed by atoms with van der Waals surface area (Å²) in [6, 6.07) is 6.66. The van der Waals surface area contributed by atoms with Crippen LogP contribution >= 0.6 is 0 Å². The minimum Gasteiger partial charge on any atom is -0.344 e. The molecule has 0 aliphatic rings. The van der Waals surface area contributed by atoms with Crippen molar-refractivity contribution in [2.45, 2.75) is 59.0 Å². The number of fused-ring (bicyclic) bond motifs is 1. The normalized spacial score (nSPS) is 12.1.